The average Bonchev–Trinajstić information content (AvgIpc) is 2.97. The third-order valence-corrected chi connectivity index (χ3v) is 5.48. The smallest absolute Gasteiger partial charge is 0.313 e. The Balaban J connectivity index is 2.14. The van der Waals surface area contributed by atoms with Crippen LogP contribution in [0.15, 0.2) is 41.7 Å². The molecule has 0 aliphatic heterocycles. The molecule has 3 atom stereocenters. The second-order valence-corrected chi connectivity index (χ2v) is 8.75. The van der Waals surface area contributed by atoms with E-state index in [0.29, 0.717) is 11.3 Å². The van der Waals surface area contributed by atoms with Gasteiger partial charge in [0.15, 0.2) is 0 Å². The number of H-pyrrole nitrogens is 2. The van der Waals surface area contributed by atoms with Crippen LogP contribution >= 0.6 is 0 Å². The minimum absolute atomic E-state index is 0.0183. The molecule has 0 unspecified atom stereocenters. The number of ether oxygens (including phenoxy) is 1. The third kappa shape index (κ3) is 3.56. The maximum atomic E-state index is 12.9. The van der Waals surface area contributed by atoms with Crippen molar-refractivity contribution in [2.45, 2.75) is 51.0 Å². The number of hydrogen-bond acceptors (Lipinski definition) is 4. The van der Waals surface area contributed by atoms with Gasteiger partial charge in [-0.1, -0.05) is 57.7 Å². The fraction of sp³-hybridized carbons (Fsp3) is 0.455. The number of carbonyl (C=O) groups excluding carboxylic acids is 1. The van der Waals surface area contributed by atoms with Crippen LogP contribution in [0.4, 0.5) is 0 Å². The summed E-state index contributed by atoms with van der Waals surface area (Å²) in [7, 11) is 0. The molecule has 6 nitrogen and oxygen atoms in total. The van der Waals surface area contributed by atoms with E-state index in [-0.39, 0.29) is 24.0 Å². The number of aromatic amines is 2. The summed E-state index contributed by atoms with van der Waals surface area (Å²) in [5.74, 6) is -2.06. The largest absolute Gasteiger partial charge is 0.461 e. The van der Waals surface area contributed by atoms with E-state index in [1.807, 2.05) is 24.3 Å². The SMILES string of the molecule is C=CCOC(=O)[C@H]1[C@H](c2ccc(C(C)(C)C)cc2)c2c([nH][nH]c2=O)C[C@@]1(C)O. The quantitative estimate of drug-likeness (QED) is 0.558. The maximum absolute atomic E-state index is 12.9. The summed E-state index contributed by atoms with van der Waals surface area (Å²) >= 11 is 0. The van der Waals surface area contributed by atoms with Gasteiger partial charge in [0.2, 0.25) is 0 Å². The first-order valence-electron chi connectivity index (χ1n) is 9.46. The minimum atomic E-state index is -1.37. The number of carbonyl (C=O) groups is 1. The molecule has 3 N–H and O–H groups in total. The molecular formula is C22H28N2O4. The molecule has 0 amide bonds. The van der Waals surface area contributed by atoms with Gasteiger partial charge < -0.3 is 14.9 Å². The summed E-state index contributed by atoms with van der Waals surface area (Å²) in [6.45, 7) is 11.6. The molecule has 0 radical (unpaired) electrons. The van der Waals surface area contributed by atoms with E-state index in [1.165, 1.54) is 6.08 Å². The molecule has 1 aromatic heterocycles. The Bertz CT molecular complexity index is 929. The van der Waals surface area contributed by atoms with Gasteiger partial charge >= 0.3 is 5.97 Å². The zero-order valence-electron chi connectivity index (χ0n) is 16.8. The lowest BCUT2D eigenvalue weighted by molar-refractivity contribution is -0.158. The number of fused-ring (bicyclic) bond motifs is 1. The summed E-state index contributed by atoms with van der Waals surface area (Å²) < 4.78 is 5.29. The van der Waals surface area contributed by atoms with Crippen LogP contribution in [0, 0.1) is 5.92 Å². The molecular weight excluding hydrogens is 356 g/mol. The highest BCUT2D eigenvalue weighted by Crippen LogP contribution is 2.44. The van der Waals surface area contributed by atoms with Crippen molar-refractivity contribution in [2.75, 3.05) is 6.61 Å². The van der Waals surface area contributed by atoms with Gasteiger partial charge in [-0.2, -0.15) is 0 Å². The highest BCUT2D eigenvalue weighted by Gasteiger charge is 2.51. The molecule has 0 fully saturated rings. The van der Waals surface area contributed by atoms with E-state index in [1.54, 1.807) is 6.92 Å². The summed E-state index contributed by atoms with van der Waals surface area (Å²) in [6.07, 6.45) is 1.64. The van der Waals surface area contributed by atoms with Crippen molar-refractivity contribution >= 4 is 5.97 Å². The maximum Gasteiger partial charge on any atom is 0.313 e. The molecule has 1 heterocycles. The lowest BCUT2D eigenvalue weighted by atomic mass is 9.66. The Morgan fingerprint density at radius 2 is 1.96 bits per heavy atom. The topological polar surface area (TPSA) is 95.2 Å². The highest BCUT2D eigenvalue weighted by atomic mass is 16.5. The van der Waals surface area contributed by atoms with Crippen molar-refractivity contribution in [3.05, 3.63) is 69.7 Å². The fourth-order valence-corrected chi connectivity index (χ4v) is 4.04. The van der Waals surface area contributed by atoms with Gasteiger partial charge in [-0.3, -0.25) is 14.7 Å². The van der Waals surface area contributed by atoms with Gasteiger partial charge in [0.05, 0.1) is 11.5 Å². The Labute approximate surface area is 164 Å². The van der Waals surface area contributed by atoms with Crippen LogP contribution in [-0.4, -0.2) is 33.5 Å². The third-order valence-electron chi connectivity index (χ3n) is 5.48. The standard InChI is InChI=1S/C22H28N2O4/c1-6-11-28-20(26)18-16(13-7-9-14(10-8-13)21(2,3)4)17-15(12-22(18,5)27)23-24-19(17)25/h6-10,16,18,27H,1,11-12H2,2-5H3,(H2,23,24,25)/t16-,18-,22-/m1/s1. The molecule has 6 heteroatoms. The van der Waals surface area contributed by atoms with Gasteiger partial charge in [-0.15, -0.1) is 0 Å². The molecule has 2 aromatic rings. The summed E-state index contributed by atoms with van der Waals surface area (Å²) in [5.41, 5.74) is 1.37. The van der Waals surface area contributed by atoms with Crippen molar-refractivity contribution in [3.63, 3.8) is 0 Å². The number of rotatable bonds is 4. The monoisotopic (exact) mass is 384 g/mol. The number of aliphatic hydroxyl groups is 1. The molecule has 1 aliphatic rings. The fourth-order valence-electron chi connectivity index (χ4n) is 4.04. The van der Waals surface area contributed by atoms with Crippen LogP contribution in [0.5, 0.6) is 0 Å². The van der Waals surface area contributed by atoms with Gasteiger partial charge in [-0.05, 0) is 23.5 Å². The first kappa shape index (κ1) is 20.1. The lowest BCUT2D eigenvalue weighted by Gasteiger charge is -2.40. The van der Waals surface area contributed by atoms with E-state index in [0.717, 1.165) is 11.1 Å². The van der Waals surface area contributed by atoms with Crippen LogP contribution in [0.3, 0.4) is 0 Å². The van der Waals surface area contributed by atoms with Gasteiger partial charge in [0.25, 0.3) is 5.56 Å². The second-order valence-electron chi connectivity index (χ2n) is 8.75. The molecule has 0 spiro atoms. The molecule has 3 rings (SSSR count). The van der Waals surface area contributed by atoms with Gasteiger partial charge in [0, 0.05) is 23.6 Å². The first-order valence-corrected chi connectivity index (χ1v) is 9.46. The predicted octanol–water partition coefficient (Wildman–Crippen LogP) is 2.78. The van der Waals surface area contributed by atoms with E-state index >= 15 is 0 Å². The van der Waals surface area contributed by atoms with Crippen molar-refractivity contribution in [2.24, 2.45) is 5.92 Å². The molecule has 150 valence electrons. The lowest BCUT2D eigenvalue weighted by Crippen LogP contribution is -2.50. The Morgan fingerprint density at radius 1 is 1.32 bits per heavy atom. The number of nitrogens with one attached hydrogen (secondary N) is 2. The molecule has 1 aliphatic carbocycles. The summed E-state index contributed by atoms with van der Waals surface area (Å²) in [6, 6.07) is 7.86. The number of aromatic nitrogens is 2. The van der Waals surface area contributed by atoms with E-state index < -0.39 is 23.4 Å². The molecule has 1 aromatic carbocycles. The molecule has 0 saturated carbocycles. The number of hydrogen-bond donors (Lipinski definition) is 3. The number of benzene rings is 1. The van der Waals surface area contributed by atoms with E-state index in [9.17, 15) is 14.7 Å². The van der Waals surface area contributed by atoms with Crippen molar-refractivity contribution in [1.29, 1.82) is 0 Å². The van der Waals surface area contributed by atoms with Crippen LogP contribution in [0.2, 0.25) is 0 Å². The van der Waals surface area contributed by atoms with Crippen LogP contribution in [0.25, 0.3) is 0 Å². The second kappa shape index (κ2) is 7.09. The number of esters is 1. The Kier molecular flexibility index (Phi) is 5.10. The molecule has 0 saturated heterocycles. The molecule has 0 bridgehead atoms. The highest BCUT2D eigenvalue weighted by molar-refractivity contribution is 5.77. The molecule has 28 heavy (non-hydrogen) atoms. The predicted molar refractivity (Wildman–Crippen MR) is 107 cm³/mol. The normalized spacial score (nSPS) is 24.5. The van der Waals surface area contributed by atoms with E-state index in [2.05, 4.69) is 37.5 Å². The van der Waals surface area contributed by atoms with Crippen molar-refractivity contribution in [3.8, 4) is 0 Å². The minimum Gasteiger partial charge on any atom is -0.461 e. The van der Waals surface area contributed by atoms with Gasteiger partial charge in [-0.25, -0.2) is 0 Å². The van der Waals surface area contributed by atoms with Crippen molar-refractivity contribution in [1.82, 2.24) is 10.2 Å². The summed E-state index contributed by atoms with van der Waals surface area (Å²) in [5, 5.41) is 16.6. The zero-order chi connectivity index (χ0) is 20.7. The Morgan fingerprint density at radius 3 is 2.54 bits per heavy atom. The van der Waals surface area contributed by atoms with Crippen LogP contribution in [0.1, 0.15) is 56.0 Å². The zero-order valence-corrected chi connectivity index (χ0v) is 16.8. The van der Waals surface area contributed by atoms with Crippen LogP contribution < -0.4 is 5.56 Å². The van der Waals surface area contributed by atoms with E-state index in [4.69, 9.17) is 4.74 Å². The first-order chi connectivity index (χ1) is 13.1. The van der Waals surface area contributed by atoms with Crippen molar-refractivity contribution < 1.29 is 14.6 Å². The van der Waals surface area contributed by atoms with Gasteiger partial charge in [0.1, 0.15) is 6.61 Å². The Hall–Kier alpha value is -2.60. The van der Waals surface area contributed by atoms with Crippen LogP contribution in [-0.2, 0) is 21.4 Å². The average molecular weight is 384 g/mol. The summed E-state index contributed by atoms with van der Waals surface area (Å²) in [4.78, 5) is 25.4.